The number of aromatic nitrogens is 2. The summed E-state index contributed by atoms with van der Waals surface area (Å²) in [4.78, 5) is 19.9. The first kappa shape index (κ1) is 14.2. The van der Waals surface area contributed by atoms with E-state index in [2.05, 4.69) is 15.3 Å². The summed E-state index contributed by atoms with van der Waals surface area (Å²) in [6, 6.07) is 4.10. The zero-order valence-corrected chi connectivity index (χ0v) is 11.5. The topological polar surface area (TPSA) is 64.1 Å². The Labute approximate surface area is 119 Å². The zero-order chi connectivity index (χ0) is 14.7. The standard InChI is InChI=1S/C13H11ClFN3O2/c1-7-9(6-16-13(17-7)20-2)12(19)18-8-3-4-11(15)10(14)5-8/h3-6H,1-2H3,(H,18,19). The van der Waals surface area contributed by atoms with Gasteiger partial charge in [-0.15, -0.1) is 0 Å². The molecular weight excluding hydrogens is 285 g/mol. The number of hydrogen-bond acceptors (Lipinski definition) is 4. The fraction of sp³-hybridized carbons (Fsp3) is 0.154. The van der Waals surface area contributed by atoms with Crippen molar-refractivity contribution in [3.8, 4) is 6.01 Å². The van der Waals surface area contributed by atoms with Crippen LogP contribution >= 0.6 is 11.6 Å². The van der Waals surface area contributed by atoms with Gasteiger partial charge in [0.2, 0.25) is 0 Å². The fourth-order valence-electron chi connectivity index (χ4n) is 1.54. The number of ether oxygens (including phenoxy) is 1. The minimum atomic E-state index is -0.548. The number of rotatable bonds is 3. The lowest BCUT2D eigenvalue weighted by Gasteiger charge is -2.08. The molecule has 0 saturated carbocycles. The number of methoxy groups -OCH3 is 1. The van der Waals surface area contributed by atoms with Gasteiger partial charge >= 0.3 is 6.01 Å². The number of nitrogens with zero attached hydrogens (tertiary/aromatic N) is 2. The lowest BCUT2D eigenvalue weighted by molar-refractivity contribution is 0.102. The Kier molecular flexibility index (Phi) is 4.14. The average Bonchev–Trinajstić information content (AvgIpc) is 2.42. The highest BCUT2D eigenvalue weighted by atomic mass is 35.5. The summed E-state index contributed by atoms with van der Waals surface area (Å²) in [5, 5.41) is 2.53. The molecule has 5 nitrogen and oxygen atoms in total. The molecule has 2 rings (SSSR count). The van der Waals surface area contributed by atoms with Crippen molar-refractivity contribution in [3.05, 3.63) is 46.5 Å². The van der Waals surface area contributed by atoms with Crippen molar-refractivity contribution < 1.29 is 13.9 Å². The number of benzene rings is 1. The highest BCUT2D eigenvalue weighted by molar-refractivity contribution is 6.31. The van der Waals surface area contributed by atoms with Crippen LogP contribution in [0.5, 0.6) is 6.01 Å². The quantitative estimate of drug-likeness (QED) is 0.945. The Morgan fingerprint density at radius 1 is 1.45 bits per heavy atom. The Balaban J connectivity index is 2.21. The second kappa shape index (κ2) is 5.83. The van der Waals surface area contributed by atoms with Crippen molar-refractivity contribution >= 4 is 23.2 Å². The van der Waals surface area contributed by atoms with Crippen molar-refractivity contribution in [1.82, 2.24) is 9.97 Å². The summed E-state index contributed by atoms with van der Waals surface area (Å²) in [7, 11) is 1.44. The summed E-state index contributed by atoms with van der Waals surface area (Å²) in [5.41, 5.74) is 1.16. The molecule has 0 aliphatic carbocycles. The van der Waals surface area contributed by atoms with Crippen LogP contribution in [-0.4, -0.2) is 23.0 Å². The summed E-state index contributed by atoms with van der Waals surface area (Å²) < 4.78 is 17.9. The lowest BCUT2D eigenvalue weighted by atomic mass is 10.2. The molecule has 2 aromatic rings. The van der Waals surface area contributed by atoms with Crippen LogP contribution in [-0.2, 0) is 0 Å². The molecular formula is C13H11ClFN3O2. The van der Waals surface area contributed by atoms with Gasteiger partial charge in [-0.2, -0.15) is 4.98 Å². The molecule has 7 heteroatoms. The Morgan fingerprint density at radius 3 is 2.80 bits per heavy atom. The molecule has 20 heavy (non-hydrogen) atoms. The van der Waals surface area contributed by atoms with Gasteiger partial charge in [0.05, 0.1) is 23.4 Å². The van der Waals surface area contributed by atoms with Crippen molar-refractivity contribution in [2.75, 3.05) is 12.4 Å². The van der Waals surface area contributed by atoms with Gasteiger partial charge in [-0.1, -0.05) is 11.6 Å². The van der Waals surface area contributed by atoms with Crippen LogP contribution in [0.15, 0.2) is 24.4 Å². The number of halogens is 2. The van der Waals surface area contributed by atoms with Gasteiger partial charge in [0.1, 0.15) is 5.82 Å². The van der Waals surface area contributed by atoms with Crippen LogP contribution in [0.4, 0.5) is 10.1 Å². The number of nitrogens with one attached hydrogen (secondary N) is 1. The van der Waals surface area contributed by atoms with Gasteiger partial charge < -0.3 is 10.1 Å². The Bertz CT molecular complexity index is 664. The minimum Gasteiger partial charge on any atom is -0.467 e. The molecule has 0 fully saturated rings. The maximum Gasteiger partial charge on any atom is 0.316 e. The van der Waals surface area contributed by atoms with E-state index in [1.165, 1.54) is 31.5 Å². The molecule has 1 N–H and O–H groups in total. The molecule has 1 heterocycles. The molecule has 0 saturated heterocycles. The molecule has 1 aromatic carbocycles. The fourth-order valence-corrected chi connectivity index (χ4v) is 1.72. The summed E-state index contributed by atoms with van der Waals surface area (Å²) in [5.74, 6) is -0.957. The van der Waals surface area contributed by atoms with Crippen LogP contribution in [0.25, 0.3) is 0 Å². The maximum absolute atomic E-state index is 13.0. The smallest absolute Gasteiger partial charge is 0.316 e. The van der Waals surface area contributed by atoms with Crippen molar-refractivity contribution in [3.63, 3.8) is 0 Å². The molecule has 1 amide bonds. The summed E-state index contributed by atoms with van der Waals surface area (Å²) >= 11 is 5.65. The van der Waals surface area contributed by atoms with E-state index in [9.17, 15) is 9.18 Å². The van der Waals surface area contributed by atoms with E-state index in [4.69, 9.17) is 16.3 Å². The first-order valence-electron chi connectivity index (χ1n) is 5.65. The van der Waals surface area contributed by atoms with Gasteiger partial charge in [-0.3, -0.25) is 4.79 Å². The zero-order valence-electron chi connectivity index (χ0n) is 10.8. The Morgan fingerprint density at radius 2 is 2.20 bits per heavy atom. The third-order valence-electron chi connectivity index (χ3n) is 2.56. The maximum atomic E-state index is 13.0. The van der Waals surface area contributed by atoms with Gasteiger partial charge in [0.15, 0.2) is 0 Å². The number of aryl methyl sites for hydroxylation is 1. The molecule has 0 aliphatic heterocycles. The van der Waals surface area contributed by atoms with Gasteiger partial charge in [-0.05, 0) is 25.1 Å². The van der Waals surface area contributed by atoms with Crippen molar-refractivity contribution in [2.45, 2.75) is 6.92 Å². The predicted molar refractivity (Wildman–Crippen MR) is 72.7 cm³/mol. The highest BCUT2D eigenvalue weighted by Crippen LogP contribution is 2.20. The SMILES string of the molecule is COc1ncc(C(=O)Nc2ccc(F)c(Cl)c2)c(C)n1. The second-order valence-corrected chi connectivity index (χ2v) is 4.35. The first-order chi connectivity index (χ1) is 9.51. The second-order valence-electron chi connectivity index (χ2n) is 3.94. The third kappa shape index (κ3) is 3.03. The highest BCUT2D eigenvalue weighted by Gasteiger charge is 2.13. The summed E-state index contributed by atoms with van der Waals surface area (Å²) in [6.45, 7) is 1.66. The average molecular weight is 296 g/mol. The van der Waals surface area contributed by atoms with E-state index in [0.717, 1.165) is 0 Å². The number of anilines is 1. The van der Waals surface area contributed by atoms with E-state index in [1.54, 1.807) is 6.92 Å². The van der Waals surface area contributed by atoms with E-state index >= 15 is 0 Å². The van der Waals surface area contributed by atoms with Crippen molar-refractivity contribution in [1.29, 1.82) is 0 Å². The number of carbonyl (C=O) groups is 1. The van der Waals surface area contributed by atoms with Gasteiger partial charge in [-0.25, -0.2) is 9.37 Å². The predicted octanol–water partition coefficient (Wildman–Crippen LogP) is 2.84. The largest absolute Gasteiger partial charge is 0.467 e. The Hall–Kier alpha value is -2.21. The monoisotopic (exact) mass is 295 g/mol. The molecule has 0 aliphatic rings. The molecule has 1 aromatic heterocycles. The normalized spacial score (nSPS) is 10.2. The summed E-state index contributed by atoms with van der Waals surface area (Å²) in [6.07, 6.45) is 1.36. The number of amides is 1. The van der Waals surface area contributed by atoms with Gasteiger partial charge in [0, 0.05) is 11.9 Å². The van der Waals surface area contributed by atoms with Crippen LogP contribution in [0.1, 0.15) is 16.1 Å². The van der Waals surface area contributed by atoms with E-state index in [0.29, 0.717) is 16.9 Å². The van der Waals surface area contributed by atoms with E-state index in [1.807, 2.05) is 0 Å². The van der Waals surface area contributed by atoms with Crippen LogP contribution in [0.3, 0.4) is 0 Å². The molecule has 104 valence electrons. The number of hydrogen-bond donors (Lipinski definition) is 1. The van der Waals surface area contributed by atoms with Crippen LogP contribution < -0.4 is 10.1 Å². The third-order valence-corrected chi connectivity index (χ3v) is 2.85. The lowest BCUT2D eigenvalue weighted by Crippen LogP contribution is -2.15. The van der Waals surface area contributed by atoms with E-state index < -0.39 is 11.7 Å². The number of carbonyl (C=O) groups excluding carboxylic acids is 1. The molecule has 0 spiro atoms. The van der Waals surface area contributed by atoms with Crippen molar-refractivity contribution in [2.24, 2.45) is 0 Å². The molecule has 0 unspecified atom stereocenters. The molecule has 0 radical (unpaired) electrons. The minimum absolute atomic E-state index is 0.0643. The van der Waals surface area contributed by atoms with Gasteiger partial charge in [0.25, 0.3) is 5.91 Å². The van der Waals surface area contributed by atoms with E-state index in [-0.39, 0.29) is 11.0 Å². The molecule has 0 bridgehead atoms. The van der Waals surface area contributed by atoms with Crippen LogP contribution in [0.2, 0.25) is 5.02 Å². The first-order valence-corrected chi connectivity index (χ1v) is 6.03. The van der Waals surface area contributed by atoms with Crippen LogP contribution in [0, 0.1) is 12.7 Å². The molecule has 0 atom stereocenters.